The van der Waals surface area contributed by atoms with Crippen molar-refractivity contribution >= 4 is 35.6 Å². The maximum Gasteiger partial charge on any atom is 0.326 e. The first-order valence-electron chi connectivity index (χ1n) is 8.22. The molecule has 0 aromatic carbocycles. The van der Waals surface area contributed by atoms with Gasteiger partial charge < -0.3 is 37.6 Å². The smallest absolute Gasteiger partial charge is 0.326 e. The Labute approximate surface area is 160 Å². The third-order valence-corrected chi connectivity index (χ3v) is 3.48. The van der Waals surface area contributed by atoms with Crippen molar-refractivity contribution in [2.45, 2.75) is 44.8 Å². The SMILES string of the molecule is CC(C)C(NC(=O)C(CC(N)=O)NC(=O)C(CC(=O)O)NC(=O)CN)C(=O)O. The fourth-order valence-corrected chi connectivity index (χ4v) is 2.09. The van der Waals surface area contributed by atoms with Crippen LogP contribution in [0.2, 0.25) is 0 Å². The fourth-order valence-electron chi connectivity index (χ4n) is 2.09. The number of aliphatic carboxylic acids is 2. The number of hydrogen-bond donors (Lipinski definition) is 7. The van der Waals surface area contributed by atoms with Crippen LogP contribution in [-0.4, -0.2) is 70.5 Å². The zero-order valence-electron chi connectivity index (χ0n) is 15.4. The highest BCUT2D eigenvalue weighted by molar-refractivity contribution is 5.96. The molecule has 0 fully saturated rings. The van der Waals surface area contributed by atoms with Gasteiger partial charge in [-0.25, -0.2) is 4.79 Å². The lowest BCUT2D eigenvalue weighted by Crippen LogP contribution is -2.57. The summed E-state index contributed by atoms with van der Waals surface area (Å²) in [6.07, 6.45) is -1.49. The van der Waals surface area contributed by atoms with Crippen LogP contribution in [0.1, 0.15) is 26.7 Å². The molecule has 0 aliphatic heterocycles. The zero-order chi connectivity index (χ0) is 22.0. The van der Waals surface area contributed by atoms with Gasteiger partial charge in [0.25, 0.3) is 0 Å². The zero-order valence-corrected chi connectivity index (χ0v) is 15.4. The molecule has 0 rings (SSSR count). The molecular formula is C15H25N5O8. The summed E-state index contributed by atoms with van der Waals surface area (Å²) in [6.45, 7) is 2.56. The molecule has 3 unspecified atom stereocenters. The second-order valence-electron chi connectivity index (χ2n) is 6.22. The summed E-state index contributed by atoms with van der Waals surface area (Å²) in [6, 6.07) is -4.44. The number of nitrogens with two attached hydrogens (primary N) is 2. The van der Waals surface area contributed by atoms with Crippen molar-refractivity contribution in [2.75, 3.05) is 6.54 Å². The molecule has 4 amide bonds. The van der Waals surface area contributed by atoms with E-state index >= 15 is 0 Å². The minimum Gasteiger partial charge on any atom is -0.481 e. The summed E-state index contributed by atoms with van der Waals surface area (Å²) in [5.74, 6) is -7.13. The first kappa shape index (κ1) is 24.8. The van der Waals surface area contributed by atoms with Gasteiger partial charge in [-0.2, -0.15) is 0 Å². The summed E-state index contributed by atoms with van der Waals surface area (Å²) < 4.78 is 0. The van der Waals surface area contributed by atoms with Crippen molar-refractivity contribution in [3.05, 3.63) is 0 Å². The van der Waals surface area contributed by atoms with Crippen LogP contribution in [0.15, 0.2) is 0 Å². The predicted octanol–water partition coefficient (Wildman–Crippen LogP) is -3.51. The number of nitrogens with one attached hydrogen (secondary N) is 3. The van der Waals surface area contributed by atoms with Gasteiger partial charge in [0.2, 0.25) is 23.6 Å². The molecule has 0 heterocycles. The number of hydrogen-bond acceptors (Lipinski definition) is 7. The van der Waals surface area contributed by atoms with E-state index in [1.54, 1.807) is 0 Å². The van der Waals surface area contributed by atoms with Crippen LogP contribution in [-0.2, 0) is 28.8 Å². The molecular weight excluding hydrogens is 378 g/mol. The van der Waals surface area contributed by atoms with Gasteiger partial charge in [0.05, 0.1) is 19.4 Å². The highest BCUT2D eigenvalue weighted by Crippen LogP contribution is 2.04. The second kappa shape index (κ2) is 11.5. The number of primary amides is 1. The van der Waals surface area contributed by atoms with Crippen molar-refractivity contribution < 1.29 is 39.0 Å². The first-order valence-corrected chi connectivity index (χ1v) is 8.22. The Bertz CT molecular complexity index is 636. The van der Waals surface area contributed by atoms with Crippen molar-refractivity contribution in [2.24, 2.45) is 17.4 Å². The fraction of sp³-hybridized carbons (Fsp3) is 0.600. The predicted molar refractivity (Wildman–Crippen MR) is 93.4 cm³/mol. The van der Waals surface area contributed by atoms with Gasteiger partial charge >= 0.3 is 11.9 Å². The van der Waals surface area contributed by atoms with E-state index in [9.17, 15) is 28.8 Å². The average molecular weight is 403 g/mol. The van der Waals surface area contributed by atoms with E-state index in [-0.39, 0.29) is 0 Å². The Balaban J connectivity index is 5.41. The third kappa shape index (κ3) is 8.93. The van der Waals surface area contributed by atoms with E-state index in [1.165, 1.54) is 13.8 Å². The molecule has 0 aromatic rings. The minimum absolute atomic E-state index is 0.505. The number of carboxylic acid groups (broad SMARTS) is 2. The minimum atomic E-state index is -1.57. The number of carboxylic acids is 2. The molecule has 0 aliphatic rings. The van der Waals surface area contributed by atoms with Crippen LogP contribution < -0.4 is 27.4 Å². The van der Waals surface area contributed by atoms with Crippen LogP contribution in [0.25, 0.3) is 0 Å². The Hall–Kier alpha value is -3.22. The molecule has 0 spiro atoms. The van der Waals surface area contributed by atoms with Gasteiger partial charge in [0.15, 0.2) is 0 Å². The second-order valence-corrected chi connectivity index (χ2v) is 6.22. The first-order chi connectivity index (χ1) is 12.9. The van der Waals surface area contributed by atoms with Crippen molar-refractivity contribution in [1.82, 2.24) is 16.0 Å². The van der Waals surface area contributed by atoms with Gasteiger partial charge in [0, 0.05) is 0 Å². The molecule has 0 bridgehead atoms. The van der Waals surface area contributed by atoms with Crippen LogP contribution in [0.5, 0.6) is 0 Å². The van der Waals surface area contributed by atoms with Gasteiger partial charge in [-0.05, 0) is 5.92 Å². The number of amides is 4. The topological polar surface area (TPSA) is 231 Å². The van der Waals surface area contributed by atoms with E-state index in [0.717, 1.165) is 0 Å². The Morgan fingerprint density at radius 1 is 0.857 bits per heavy atom. The quantitative estimate of drug-likeness (QED) is 0.171. The van der Waals surface area contributed by atoms with Crippen LogP contribution >= 0.6 is 0 Å². The lowest BCUT2D eigenvalue weighted by molar-refractivity contribution is -0.144. The van der Waals surface area contributed by atoms with Gasteiger partial charge in [-0.3, -0.25) is 24.0 Å². The molecule has 0 aliphatic carbocycles. The van der Waals surface area contributed by atoms with Gasteiger partial charge in [-0.15, -0.1) is 0 Å². The summed E-state index contributed by atoms with van der Waals surface area (Å²) in [4.78, 5) is 69.3. The van der Waals surface area contributed by atoms with Crippen molar-refractivity contribution in [1.29, 1.82) is 0 Å². The third-order valence-electron chi connectivity index (χ3n) is 3.48. The molecule has 0 aromatic heterocycles. The largest absolute Gasteiger partial charge is 0.481 e. The van der Waals surface area contributed by atoms with E-state index < -0.39 is 79.0 Å². The van der Waals surface area contributed by atoms with Gasteiger partial charge in [-0.1, -0.05) is 13.8 Å². The maximum atomic E-state index is 12.3. The van der Waals surface area contributed by atoms with Gasteiger partial charge in [0.1, 0.15) is 18.1 Å². The lowest BCUT2D eigenvalue weighted by atomic mass is 10.0. The average Bonchev–Trinajstić information content (AvgIpc) is 2.56. The highest BCUT2D eigenvalue weighted by Gasteiger charge is 2.32. The van der Waals surface area contributed by atoms with Crippen molar-refractivity contribution in [3.63, 3.8) is 0 Å². The maximum absolute atomic E-state index is 12.3. The summed E-state index contributed by atoms with van der Waals surface area (Å²) in [7, 11) is 0. The molecule has 0 saturated carbocycles. The molecule has 0 radical (unpaired) electrons. The molecule has 3 atom stereocenters. The molecule has 13 heteroatoms. The molecule has 0 saturated heterocycles. The lowest BCUT2D eigenvalue weighted by Gasteiger charge is -2.24. The molecule has 13 nitrogen and oxygen atoms in total. The molecule has 28 heavy (non-hydrogen) atoms. The van der Waals surface area contributed by atoms with Crippen LogP contribution in [0.4, 0.5) is 0 Å². The monoisotopic (exact) mass is 403 g/mol. The number of rotatable bonds is 12. The standard InChI is InChI=1S/C15H25N5O8/c1-6(2)12(15(27)28)20-14(26)7(3-9(17)21)19-13(25)8(4-11(23)24)18-10(22)5-16/h6-8,12H,3-5,16H2,1-2H3,(H2,17,21)(H,18,22)(H,19,25)(H,20,26)(H,23,24)(H,27,28). The Kier molecular flexibility index (Phi) is 10.2. The summed E-state index contributed by atoms with van der Waals surface area (Å²) >= 11 is 0. The summed E-state index contributed by atoms with van der Waals surface area (Å²) in [5, 5.41) is 24.4. The van der Waals surface area contributed by atoms with Crippen molar-refractivity contribution in [3.8, 4) is 0 Å². The normalized spacial score (nSPS) is 13.7. The summed E-state index contributed by atoms with van der Waals surface area (Å²) in [5.41, 5.74) is 10.2. The van der Waals surface area contributed by atoms with Crippen LogP contribution in [0.3, 0.4) is 0 Å². The molecule has 158 valence electrons. The number of carbonyl (C=O) groups excluding carboxylic acids is 4. The van der Waals surface area contributed by atoms with E-state index in [1.807, 2.05) is 0 Å². The van der Waals surface area contributed by atoms with E-state index in [0.29, 0.717) is 0 Å². The Morgan fingerprint density at radius 3 is 1.75 bits per heavy atom. The van der Waals surface area contributed by atoms with Crippen LogP contribution in [0, 0.1) is 5.92 Å². The molecule has 9 N–H and O–H groups in total. The highest BCUT2D eigenvalue weighted by atomic mass is 16.4. The Morgan fingerprint density at radius 2 is 1.36 bits per heavy atom. The van der Waals surface area contributed by atoms with E-state index in [4.69, 9.17) is 21.7 Å². The van der Waals surface area contributed by atoms with E-state index in [2.05, 4.69) is 16.0 Å². The number of carbonyl (C=O) groups is 6.